The van der Waals surface area contributed by atoms with E-state index in [1.54, 1.807) is 12.4 Å². The summed E-state index contributed by atoms with van der Waals surface area (Å²) in [6.45, 7) is 2.54. The first-order valence-corrected chi connectivity index (χ1v) is 9.86. The quantitative estimate of drug-likeness (QED) is 0.769. The van der Waals surface area contributed by atoms with E-state index in [1.165, 1.54) is 6.42 Å². The van der Waals surface area contributed by atoms with E-state index in [0.29, 0.717) is 19.4 Å². The number of pyridine rings is 1. The van der Waals surface area contributed by atoms with Crippen molar-refractivity contribution in [1.82, 2.24) is 20.1 Å². The number of nitrogens with one attached hydrogen (secondary N) is 1. The molecule has 1 saturated heterocycles. The van der Waals surface area contributed by atoms with Crippen molar-refractivity contribution in [2.75, 3.05) is 26.7 Å². The van der Waals surface area contributed by atoms with Crippen molar-refractivity contribution < 1.29 is 14.7 Å². The molecule has 3 atom stereocenters. The monoisotopic (exact) mass is 374 g/mol. The van der Waals surface area contributed by atoms with Crippen molar-refractivity contribution >= 4 is 11.8 Å². The van der Waals surface area contributed by atoms with Crippen LogP contribution < -0.4 is 5.32 Å². The zero-order valence-corrected chi connectivity index (χ0v) is 16.0. The van der Waals surface area contributed by atoms with Gasteiger partial charge in [0.25, 0.3) is 0 Å². The number of hydrogen-bond donors (Lipinski definition) is 2. The summed E-state index contributed by atoms with van der Waals surface area (Å²) in [5.74, 6) is -0.167. The number of hydrogen-bond acceptors (Lipinski definition) is 5. The Morgan fingerprint density at radius 2 is 1.93 bits per heavy atom. The van der Waals surface area contributed by atoms with Gasteiger partial charge in [-0.3, -0.25) is 19.5 Å². The molecule has 1 aliphatic carbocycles. The number of likely N-dealkylation sites (tertiary alicyclic amines) is 1. The normalized spacial score (nSPS) is 25.6. The van der Waals surface area contributed by atoms with Crippen molar-refractivity contribution in [2.45, 2.75) is 50.8 Å². The molecule has 2 N–H and O–H groups in total. The summed E-state index contributed by atoms with van der Waals surface area (Å²) in [6, 6.07) is 3.50. The van der Waals surface area contributed by atoms with E-state index in [1.807, 2.05) is 29.0 Å². The molecule has 0 unspecified atom stereocenters. The molecule has 7 nitrogen and oxygen atoms in total. The standard InChI is InChI=1S/C20H30N4O3/c1-23(13-15-5-7-21-8-6-15)14-19(26)22-17-11-16(12-18(17)25)20(27)24-9-3-2-4-10-24/h5-8,16-18,25H,2-4,9-14H2,1H3,(H,22,26)/t16-,17-,18-/m0/s1. The van der Waals surface area contributed by atoms with Gasteiger partial charge in [-0.2, -0.15) is 0 Å². The maximum absolute atomic E-state index is 12.6. The minimum Gasteiger partial charge on any atom is -0.391 e. The number of carbonyl (C=O) groups is 2. The molecule has 1 saturated carbocycles. The summed E-state index contributed by atoms with van der Waals surface area (Å²) in [5, 5.41) is 13.2. The van der Waals surface area contributed by atoms with Crippen LogP contribution in [0.1, 0.15) is 37.7 Å². The molecule has 148 valence electrons. The Morgan fingerprint density at radius 1 is 1.22 bits per heavy atom. The fourth-order valence-corrected chi connectivity index (χ4v) is 4.10. The average Bonchev–Trinajstić information content (AvgIpc) is 3.02. The van der Waals surface area contributed by atoms with Gasteiger partial charge in [0, 0.05) is 37.9 Å². The molecule has 2 aliphatic rings. The Balaban J connectivity index is 1.45. The van der Waals surface area contributed by atoms with Crippen molar-refractivity contribution in [2.24, 2.45) is 5.92 Å². The minimum absolute atomic E-state index is 0.123. The molecule has 0 spiro atoms. The number of nitrogens with zero attached hydrogens (tertiary/aromatic N) is 3. The van der Waals surface area contributed by atoms with Crippen LogP contribution in [0, 0.1) is 5.92 Å². The number of likely N-dealkylation sites (N-methyl/N-ethyl adjacent to an activating group) is 1. The smallest absolute Gasteiger partial charge is 0.234 e. The van der Waals surface area contributed by atoms with E-state index in [9.17, 15) is 14.7 Å². The molecule has 2 heterocycles. The topological polar surface area (TPSA) is 85.8 Å². The molecule has 1 aromatic heterocycles. The second-order valence-corrected chi connectivity index (χ2v) is 7.82. The van der Waals surface area contributed by atoms with Gasteiger partial charge in [0.05, 0.1) is 18.7 Å². The van der Waals surface area contributed by atoms with Gasteiger partial charge in [-0.15, -0.1) is 0 Å². The van der Waals surface area contributed by atoms with Gasteiger partial charge < -0.3 is 15.3 Å². The van der Waals surface area contributed by atoms with Crippen molar-refractivity contribution in [3.63, 3.8) is 0 Å². The maximum atomic E-state index is 12.6. The summed E-state index contributed by atoms with van der Waals surface area (Å²) in [6.07, 6.45) is 7.08. The molecular weight excluding hydrogens is 344 g/mol. The van der Waals surface area contributed by atoms with Crippen molar-refractivity contribution in [3.05, 3.63) is 30.1 Å². The van der Waals surface area contributed by atoms with E-state index in [-0.39, 0.29) is 30.3 Å². The average molecular weight is 374 g/mol. The second-order valence-electron chi connectivity index (χ2n) is 7.82. The van der Waals surface area contributed by atoms with Crippen molar-refractivity contribution in [3.8, 4) is 0 Å². The van der Waals surface area contributed by atoms with Crippen LogP contribution in [0.2, 0.25) is 0 Å². The number of carbonyl (C=O) groups excluding carboxylic acids is 2. The zero-order valence-electron chi connectivity index (χ0n) is 16.0. The highest BCUT2D eigenvalue weighted by molar-refractivity contribution is 5.81. The first kappa shape index (κ1) is 19.8. The third-order valence-corrected chi connectivity index (χ3v) is 5.51. The Morgan fingerprint density at radius 3 is 2.63 bits per heavy atom. The predicted molar refractivity (Wildman–Crippen MR) is 102 cm³/mol. The number of aliphatic hydroxyl groups excluding tert-OH is 1. The van der Waals surface area contributed by atoms with Crippen LogP contribution in [0.3, 0.4) is 0 Å². The highest BCUT2D eigenvalue weighted by atomic mass is 16.3. The molecule has 2 fully saturated rings. The first-order chi connectivity index (χ1) is 13.0. The second kappa shape index (κ2) is 9.28. The van der Waals surface area contributed by atoms with Crippen LogP contribution in [0.5, 0.6) is 0 Å². The molecule has 3 rings (SSSR count). The van der Waals surface area contributed by atoms with Crippen LogP contribution >= 0.6 is 0 Å². The van der Waals surface area contributed by atoms with Gasteiger partial charge in [0.15, 0.2) is 0 Å². The lowest BCUT2D eigenvalue weighted by molar-refractivity contribution is -0.136. The molecule has 7 heteroatoms. The molecule has 1 aromatic rings. The van der Waals surface area contributed by atoms with Gasteiger partial charge in [-0.1, -0.05) is 0 Å². The zero-order chi connectivity index (χ0) is 19.2. The Kier molecular flexibility index (Phi) is 6.79. The van der Waals surface area contributed by atoms with E-state index >= 15 is 0 Å². The van der Waals surface area contributed by atoms with Crippen LogP contribution in [0.15, 0.2) is 24.5 Å². The Labute approximate surface area is 160 Å². The summed E-state index contributed by atoms with van der Waals surface area (Å²) < 4.78 is 0. The fourth-order valence-electron chi connectivity index (χ4n) is 4.10. The van der Waals surface area contributed by atoms with E-state index in [0.717, 1.165) is 31.5 Å². The summed E-state index contributed by atoms with van der Waals surface area (Å²) >= 11 is 0. The van der Waals surface area contributed by atoms with Gasteiger partial charge >= 0.3 is 0 Å². The third-order valence-electron chi connectivity index (χ3n) is 5.51. The number of rotatable bonds is 6. The molecule has 2 amide bonds. The molecule has 0 aromatic carbocycles. The number of aliphatic hydroxyl groups is 1. The maximum Gasteiger partial charge on any atom is 0.234 e. The SMILES string of the molecule is CN(CC(=O)N[C@H]1C[C@H](C(=O)N2CCCCC2)C[C@@H]1O)Cc1ccncc1. The largest absolute Gasteiger partial charge is 0.391 e. The lowest BCUT2D eigenvalue weighted by Crippen LogP contribution is -2.44. The van der Waals surface area contributed by atoms with Gasteiger partial charge in [-0.25, -0.2) is 0 Å². The van der Waals surface area contributed by atoms with Crippen LogP contribution in [-0.4, -0.2) is 70.5 Å². The summed E-state index contributed by atoms with van der Waals surface area (Å²) in [4.78, 5) is 32.8. The van der Waals surface area contributed by atoms with Crippen LogP contribution in [-0.2, 0) is 16.1 Å². The molecule has 27 heavy (non-hydrogen) atoms. The van der Waals surface area contributed by atoms with Crippen molar-refractivity contribution in [1.29, 1.82) is 0 Å². The Hall–Kier alpha value is -1.99. The van der Waals surface area contributed by atoms with Crippen LogP contribution in [0.4, 0.5) is 0 Å². The van der Waals surface area contributed by atoms with E-state index in [4.69, 9.17) is 0 Å². The lowest BCUT2D eigenvalue weighted by atomic mass is 10.0. The minimum atomic E-state index is -0.654. The van der Waals surface area contributed by atoms with Gasteiger partial charge in [0.2, 0.25) is 11.8 Å². The number of piperidine rings is 1. The van der Waals surface area contributed by atoms with E-state index in [2.05, 4.69) is 10.3 Å². The lowest BCUT2D eigenvalue weighted by Gasteiger charge is -2.29. The third kappa shape index (κ3) is 5.49. The molecule has 0 bridgehead atoms. The molecular formula is C20H30N4O3. The van der Waals surface area contributed by atoms with Gasteiger partial charge in [0.1, 0.15) is 0 Å². The van der Waals surface area contributed by atoms with Gasteiger partial charge in [-0.05, 0) is 56.8 Å². The van der Waals surface area contributed by atoms with E-state index < -0.39 is 6.10 Å². The summed E-state index contributed by atoms with van der Waals surface area (Å²) in [5.41, 5.74) is 1.09. The predicted octanol–water partition coefficient (Wildman–Crippen LogP) is 0.782. The Bertz CT molecular complexity index is 633. The highest BCUT2D eigenvalue weighted by Crippen LogP contribution is 2.29. The summed E-state index contributed by atoms with van der Waals surface area (Å²) in [7, 11) is 1.88. The molecule has 1 aliphatic heterocycles. The molecule has 0 radical (unpaired) electrons. The number of aromatic nitrogens is 1. The number of amides is 2. The highest BCUT2D eigenvalue weighted by Gasteiger charge is 2.39. The first-order valence-electron chi connectivity index (χ1n) is 9.86. The fraction of sp³-hybridized carbons (Fsp3) is 0.650. The van der Waals surface area contributed by atoms with Crippen LogP contribution in [0.25, 0.3) is 0 Å².